The second-order valence-electron chi connectivity index (χ2n) is 5.63. The van der Waals surface area contributed by atoms with Crippen molar-refractivity contribution in [1.82, 2.24) is 10.3 Å². The first kappa shape index (κ1) is 21.0. The molecule has 8 heteroatoms. The van der Waals surface area contributed by atoms with Crippen LogP contribution >= 0.6 is 36.2 Å². The molecule has 1 aromatic carbocycles. The van der Waals surface area contributed by atoms with Crippen LogP contribution in [0.5, 0.6) is 0 Å². The number of hydrogen-bond donors (Lipinski definition) is 2. The molecule has 0 unspecified atom stereocenters. The summed E-state index contributed by atoms with van der Waals surface area (Å²) < 4.78 is 1.13. The Hall–Kier alpha value is -1.08. The number of anilines is 2. The first-order valence-electron chi connectivity index (χ1n) is 7.86. The summed E-state index contributed by atoms with van der Waals surface area (Å²) in [5.41, 5.74) is 1.87. The van der Waals surface area contributed by atoms with Crippen LogP contribution in [0.2, 0.25) is 0 Å². The Labute approximate surface area is 159 Å². The van der Waals surface area contributed by atoms with Crippen LogP contribution in [0.3, 0.4) is 0 Å². The standard InChI is InChI=1S/C16H22N4OS.2ClH/c1-17-8-4-5-15(21)18-12-6-7-13-14(11-12)22-16(19-13)20-9-2-3-10-20;;/h6-7,11,17H,2-5,8-10H2,1H3,(H,18,21);2*1H. The van der Waals surface area contributed by atoms with Gasteiger partial charge in [0.2, 0.25) is 5.91 Å². The quantitative estimate of drug-likeness (QED) is 0.738. The molecule has 1 fully saturated rings. The molecular formula is C16H24Cl2N4OS. The maximum absolute atomic E-state index is 11.9. The number of carbonyl (C=O) groups excluding carboxylic acids is 1. The fourth-order valence-electron chi connectivity index (χ4n) is 2.68. The maximum atomic E-state index is 11.9. The van der Waals surface area contributed by atoms with Crippen LogP contribution in [0.4, 0.5) is 10.8 Å². The average Bonchev–Trinajstić information content (AvgIpc) is 3.16. The normalized spacial score (nSPS) is 13.5. The van der Waals surface area contributed by atoms with Crippen molar-refractivity contribution in [3.05, 3.63) is 18.2 Å². The minimum atomic E-state index is 0. The predicted octanol–water partition coefficient (Wildman–Crippen LogP) is 3.68. The number of aromatic nitrogens is 1. The molecule has 2 N–H and O–H groups in total. The summed E-state index contributed by atoms with van der Waals surface area (Å²) in [5, 5.41) is 7.12. The molecule has 0 saturated carbocycles. The summed E-state index contributed by atoms with van der Waals surface area (Å²) in [6.45, 7) is 3.07. The molecule has 1 amide bonds. The van der Waals surface area contributed by atoms with E-state index in [1.165, 1.54) is 12.8 Å². The molecule has 2 aromatic rings. The van der Waals surface area contributed by atoms with Gasteiger partial charge in [-0.25, -0.2) is 4.98 Å². The minimum Gasteiger partial charge on any atom is -0.348 e. The maximum Gasteiger partial charge on any atom is 0.224 e. The zero-order chi connectivity index (χ0) is 15.4. The highest BCUT2D eigenvalue weighted by Crippen LogP contribution is 2.32. The molecule has 0 radical (unpaired) electrons. The van der Waals surface area contributed by atoms with Gasteiger partial charge >= 0.3 is 0 Å². The molecule has 0 atom stereocenters. The summed E-state index contributed by atoms with van der Waals surface area (Å²) in [6.07, 6.45) is 3.90. The molecule has 2 heterocycles. The number of benzene rings is 1. The van der Waals surface area contributed by atoms with Crippen molar-refractivity contribution in [2.75, 3.05) is 36.9 Å². The Balaban J connectivity index is 0.00000144. The summed E-state index contributed by atoms with van der Waals surface area (Å²) in [6, 6.07) is 5.96. The molecule has 1 aliphatic heterocycles. The van der Waals surface area contributed by atoms with E-state index in [0.717, 1.165) is 47.1 Å². The molecule has 3 rings (SSSR count). The van der Waals surface area contributed by atoms with Crippen LogP contribution in [-0.4, -0.2) is 37.6 Å². The Morgan fingerprint density at radius 1 is 1.29 bits per heavy atom. The van der Waals surface area contributed by atoms with Crippen molar-refractivity contribution >= 4 is 63.1 Å². The van der Waals surface area contributed by atoms with E-state index in [2.05, 4.69) is 15.5 Å². The lowest BCUT2D eigenvalue weighted by Crippen LogP contribution is -2.16. The van der Waals surface area contributed by atoms with E-state index < -0.39 is 0 Å². The van der Waals surface area contributed by atoms with E-state index in [0.29, 0.717) is 6.42 Å². The number of halogens is 2. The van der Waals surface area contributed by atoms with Crippen LogP contribution in [0.25, 0.3) is 10.2 Å². The highest BCUT2D eigenvalue weighted by atomic mass is 35.5. The summed E-state index contributed by atoms with van der Waals surface area (Å²) in [4.78, 5) is 18.9. The van der Waals surface area contributed by atoms with Crippen molar-refractivity contribution in [3.63, 3.8) is 0 Å². The van der Waals surface area contributed by atoms with Gasteiger partial charge < -0.3 is 15.5 Å². The third kappa shape index (κ3) is 5.21. The summed E-state index contributed by atoms with van der Waals surface area (Å²) in [7, 11) is 1.90. The second kappa shape index (κ2) is 10.0. The van der Waals surface area contributed by atoms with Crippen molar-refractivity contribution in [1.29, 1.82) is 0 Å². The predicted molar refractivity (Wildman–Crippen MR) is 107 cm³/mol. The third-order valence-electron chi connectivity index (χ3n) is 3.87. The number of fused-ring (bicyclic) bond motifs is 1. The van der Waals surface area contributed by atoms with Crippen molar-refractivity contribution in [2.45, 2.75) is 25.7 Å². The molecule has 0 spiro atoms. The lowest BCUT2D eigenvalue weighted by molar-refractivity contribution is -0.116. The lowest BCUT2D eigenvalue weighted by Gasteiger charge is -2.11. The highest BCUT2D eigenvalue weighted by Gasteiger charge is 2.16. The minimum absolute atomic E-state index is 0. The van der Waals surface area contributed by atoms with Gasteiger partial charge in [-0.1, -0.05) is 11.3 Å². The molecule has 24 heavy (non-hydrogen) atoms. The monoisotopic (exact) mass is 390 g/mol. The van der Waals surface area contributed by atoms with Crippen LogP contribution in [-0.2, 0) is 4.79 Å². The van der Waals surface area contributed by atoms with E-state index in [1.54, 1.807) is 11.3 Å². The highest BCUT2D eigenvalue weighted by molar-refractivity contribution is 7.22. The van der Waals surface area contributed by atoms with Gasteiger partial charge in [-0.15, -0.1) is 24.8 Å². The first-order valence-corrected chi connectivity index (χ1v) is 8.68. The number of nitrogens with zero attached hydrogens (tertiary/aromatic N) is 2. The molecular weight excluding hydrogens is 367 g/mol. The Kier molecular flexibility index (Phi) is 8.76. The zero-order valence-corrected chi connectivity index (χ0v) is 16.2. The first-order chi connectivity index (χ1) is 10.8. The molecule has 0 bridgehead atoms. The van der Waals surface area contributed by atoms with E-state index in [1.807, 2.05) is 25.2 Å². The van der Waals surface area contributed by atoms with Gasteiger partial charge in [0.05, 0.1) is 10.2 Å². The van der Waals surface area contributed by atoms with Gasteiger partial charge in [-0.3, -0.25) is 4.79 Å². The summed E-state index contributed by atoms with van der Waals surface area (Å²) in [5.74, 6) is 0.0684. The van der Waals surface area contributed by atoms with Gasteiger partial charge in [-0.2, -0.15) is 0 Å². The van der Waals surface area contributed by atoms with Gasteiger partial charge in [0.25, 0.3) is 0 Å². The van der Waals surface area contributed by atoms with Crippen LogP contribution < -0.4 is 15.5 Å². The topological polar surface area (TPSA) is 57.3 Å². The van der Waals surface area contributed by atoms with Gasteiger partial charge in [-0.05, 0) is 51.1 Å². The van der Waals surface area contributed by atoms with E-state index in [4.69, 9.17) is 4.98 Å². The second-order valence-corrected chi connectivity index (χ2v) is 6.64. The van der Waals surface area contributed by atoms with Gasteiger partial charge in [0.1, 0.15) is 0 Å². The number of rotatable bonds is 6. The van der Waals surface area contributed by atoms with Crippen molar-refractivity contribution < 1.29 is 4.79 Å². The Bertz CT molecular complexity index is 659. The third-order valence-corrected chi connectivity index (χ3v) is 4.95. The molecule has 1 aromatic heterocycles. The molecule has 134 valence electrons. The van der Waals surface area contributed by atoms with E-state index in [-0.39, 0.29) is 30.7 Å². The number of thiazole rings is 1. The van der Waals surface area contributed by atoms with Crippen molar-refractivity contribution in [2.24, 2.45) is 0 Å². The molecule has 1 aliphatic rings. The van der Waals surface area contributed by atoms with Crippen LogP contribution in [0, 0.1) is 0 Å². The van der Waals surface area contributed by atoms with Crippen LogP contribution in [0.15, 0.2) is 18.2 Å². The molecule has 0 aliphatic carbocycles. The number of nitrogens with one attached hydrogen (secondary N) is 2. The van der Waals surface area contributed by atoms with Crippen LogP contribution in [0.1, 0.15) is 25.7 Å². The fraction of sp³-hybridized carbons (Fsp3) is 0.500. The van der Waals surface area contributed by atoms with Gasteiger partial charge in [0, 0.05) is 25.2 Å². The Morgan fingerprint density at radius 3 is 2.75 bits per heavy atom. The smallest absolute Gasteiger partial charge is 0.224 e. The van der Waals surface area contributed by atoms with E-state index >= 15 is 0 Å². The lowest BCUT2D eigenvalue weighted by atomic mass is 10.2. The number of hydrogen-bond acceptors (Lipinski definition) is 5. The average molecular weight is 391 g/mol. The van der Waals surface area contributed by atoms with Crippen molar-refractivity contribution in [3.8, 4) is 0 Å². The largest absolute Gasteiger partial charge is 0.348 e. The van der Waals surface area contributed by atoms with Gasteiger partial charge in [0.15, 0.2) is 5.13 Å². The summed E-state index contributed by atoms with van der Waals surface area (Å²) >= 11 is 1.71. The molecule has 1 saturated heterocycles. The fourth-order valence-corrected chi connectivity index (χ4v) is 3.74. The SMILES string of the molecule is CNCCCC(=O)Nc1ccc2nc(N3CCCC3)sc2c1.Cl.Cl. The number of carbonyl (C=O) groups is 1. The zero-order valence-electron chi connectivity index (χ0n) is 13.7. The molecule has 5 nitrogen and oxygen atoms in total. The van der Waals surface area contributed by atoms with E-state index in [9.17, 15) is 4.79 Å². The Morgan fingerprint density at radius 2 is 2.04 bits per heavy atom. The number of amides is 1.